The lowest BCUT2D eigenvalue weighted by atomic mass is 9.74. The number of amides is 3. The lowest BCUT2D eigenvalue weighted by molar-refractivity contribution is -0.147. The van der Waals surface area contributed by atoms with Crippen LogP contribution < -0.4 is 9.64 Å². The number of hydrogen-bond donors (Lipinski definition) is 1. The Hall–Kier alpha value is -2.78. The Morgan fingerprint density at radius 3 is 2.29 bits per heavy atom. The molecule has 2 unspecified atom stereocenters. The first-order chi connectivity index (χ1) is 20.0. The molecule has 7 atom stereocenters. The molecule has 4 aliphatic heterocycles. The third-order valence-corrected chi connectivity index (χ3v) is 11.3. The Morgan fingerprint density at radius 2 is 1.67 bits per heavy atom. The number of aliphatic hydroxyl groups is 1. The summed E-state index contributed by atoms with van der Waals surface area (Å²) in [4.78, 5) is 49.2. The predicted octanol–water partition coefficient (Wildman–Crippen LogP) is 4.28. The minimum atomic E-state index is -0.932. The van der Waals surface area contributed by atoms with Crippen LogP contribution in [0, 0.1) is 17.8 Å². The molecule has 0 bridgehead atoms. The highest BCUT2D eigenvalue weighted by atomic mass is 32.2. The normalized spacial score (nSPS) is 32.0. The molecule has 0 aliphatic carbocycles. The van der Waals surface area contributed by atoms with Gasteiger partial charge >= 0.3 is 0 Å². The second kappa shape index (κ2) is 11.7. The number of carbonyl (C=O) groups is 3. The number of nitrogens with zero attached hydrogens (tertiary/aromatic N) is 3. The Bertz CT molecular complexity index is 1260. The van der Waals surface area contributed by atoms with Crippen molar-refractivity contribution in [3.8, 4) is 5.75 Å². The molecule has 1 N–H and O–H groups in total. The standard InChI is InChI=1S/C33H45N3O5S/c1-7-11-22(5)34-18-10-17-33-27(30(39)36(28(33)31(34)40)25(20-37)21(3)4)26-29(38)35(19-9-16-32(26,6)42-33)23-12-14-24(15-13-23)41-8-2/h9-10,12-17,21-22,25-28,37H,7-8,11,18-20H2,1-6H3/t22?,25-,26+,27-,28?,32-,33-/m0/s1. The summed E-state index contributed by atoms with van der Waals surface area (Å²) in [5.41, 5.74) is 0.740. The van der Waals surface area contributed by atoms with Gasteiger partial charge in [-0.3, -0.25) is 14.4 Å². The largest absolute Gasteiger partial charge is 0.494 e. The maximum atomic E-state index is 14.7. The third kappa shape index (κ3) is 4.77. The number of ether oxygens (including phenoxy) is 1. The predicted molar refractivity (Wildman–Crippen MR) is 166 cm³/mol. The third-order valence-electron chi connectivity index (χ3n) is 9.54. The summed E-state index contributed by atoms with van der Waals surface area (Å²) in [6.07, 6.45) is 9.96. The van der Waals surface area contributed by atoms with Crippen molar-refractivity contribution < 1.29 is 24.2 Å². The zero-order valence-electron chi connectivity index (χ0n) is 25.7. The first-order valence-corrected chi connectivity index (χ1v) is 16.2. The molecule has 0 aromatic heterocycles. The van der Waals surface area contributed by atoms with Crippen LogP contribution in [-0.4, -0.2) is 86.6 Å². The highest BCUT2D eigenvalue weighted by molar-refractivity contribution is 8.02. The van der Waals surface area contributed by atoms with E-state index in [0.29, 0.717) is 19.7 Å². The van der Waals surface area contributed by atoms with Gasteiger partial charge in [-0.25, -0.2) is 0 Å². The van der Waals surface area contributed by atoms with Gasteiger partial charge < -0.3 is 24.5 Å². The first kappa shape index (κ1) is 30.7. The van der Waals surface area contributed by atoms with E-state index in [9.17, 15) is 19.5 Å². The van der Waals surface area contributed by atoms with E-state index in [2.05, 4.69) is 26.0 Å². The van der Waals surface area contributed by atoms with E-state index in [0.717, 1.165) is 24.3 Å². The van der Waals surface area contributed by atoms with Crippen LogP contribution in [0.1, 0.15) is 54.4 Å². The van der Waals surface area contributed by atoms with Crippen LogP contribution >= 0.6 is 11.8 Å². The summed E-state index contributed by atoms with van der Waals surface area (Å²) >= 11 is 1.58. The Labute approximate surface area is 254 Å². The van der Waals surface area contributed by atoms with Gasteiger partial charge in [0.15, 0.2) is 0 Å². The quantitative estimate of drug-likeness (QED) is 0.429. The monoisotopic (exact) mass is 595 g/mol. The van der Waals surface area contributed by atoms with E-state index < -0.39 is 33.4 Å². The molecule has 0 radical (unpaired) electrons. The molecule has 3 amide bonds. The lowest BCUT2D eigenvalue weighted by Crippen LogP contribution is -2.59. The molecule has 1 aromatic carbocycles. The molecule has 2 saturated heterocycles. The molecule has 5 rings (SSSR count). The zero-order chi connectivity index (χ0) is 30.4. The molecular weight excluding hydrogens is 550 g/mol. The van der Waals surface area contributed by atoms with Crippen molar-refractivity contribution >= 4 is 35.2 Å². The molecule has 1 spiro atoms. The Morgan fingerprint density at radius 1 is 0.976 bits per heavy atom. The van der Waals surface area contributed by atoms with E-state index in [4.69, 9.17) is 4.74 Å². The highest BCUT2D eigenvalue weighted by Gasteiger charge is 2.74. The summed E-state index contributed by atoms with van der Waals surface area (Å²) in [6, 6.07) is 6.15. The van der Waals surface area contributed by atoms with E-state index in [1.54, 1.807) is 21.6 Å². The van der Waals surface area contributed by atoms with Gasteiger partial charge in [0, 0.05) is 29.6 Å². The fourth-order valence-electron chi connectivity index (χ4n) is 7.55. The van der Waals surface area contributed by atoms with Gasteiger partial charge in [0.2, 0.25) is 17.7 Å². The molecule has 42 heavy (non-hydrogen) atoms. The van der Waals surface area contributed by atoms with E-state index in [1.165, 1.54) is 0 Å². The number of fused-ring (bicyclic) bond motifs is 2. The van der Waals surface area contributed by atoms with Crippen molar-refractivity contribution in [1.82, 2.24) is 9.80 Å². The van der Waals surface area contributed by atoms with Gasteiger partial charge in [-0.05, 0) is 57.4 Å². The molecule has 2 fully saturated rings. The topological polar surface area (TPSA) is 90.4 Å². The number of carbonyl (C=O) groups excluding carboxylic acids is 3. The van der Waals surface area contributed by atoms with Crippen molar-refractivity contribution in [3.05, 3.63) is 48.6 Å². The van der Waals surface area contributed by atoms with Crippen molar-refractivity contribution in [3.63, 3.8) is 0 Å². The maximum Gasteiger partial charge on any atom is 0.247 e. The van der Waals surface area contributed by atoms with Crippen molar-refractivity contribution in [2.75, 3.05) is 31.2 Å². The second-order valence-corrected chi connectivity index (χ2v) is 14.3. The average molecular weight is 596 g/mol. The van der Waals surface area contributed by atoms with Gasteiger partial charge in [0.25, 0.3) is 0 Å². The first-order valence-electron chi connectivity index (χ1n) is 15.4. The van der Waals surface area contributed by atoms with Crippen LogP contribution in [0.25, 0.3) is 0 Å². The van der Waals surface area contributed by atoms with Crippen molar-refractivity contribution in [1.29, 1.82) is 0 Å². The fourth-order valence-corrected chi connectivity index (χ4v) is 9.69. The van der Waals surface area contributed by atoms with E-state index in [1.807, 2.05) is 69.0 Å². The summed E-state index contributed by atoms with van der Waals surface area (Å²) in [5, 5.41) is 10.5. The van der Waals surface area contributed by atoms with Gasteiger partial charge in [-0.1, -0.05) is 51.5 Å². The molecular formula is C33H45N3O5S. The van der Waals surface area contributed by atoms with Gasteiger partial charge in [-0.2, -0.15) is 0 Å². The number of anilines is 1. The van der Waals surface area contributed by atoms with Crippen molar-refractivity contribution in [2.45, 2.75) is 82.0 Å². The second-order valence-electron chi connectivity index (χ2n) is 12.5. The Balaban J connectivity index is 1.62. The fraction of sp³-hybridized carbons (Fsp3) is 0.606. The van der Waals surface area contributed by atoms with Crippen LogP contribution in [-0.2, 0) is 14.4 Å². The number of benzene rings is 1. The van der Waals surface area contributed by atoms with E-state index in [-0.39, 0.29) is 36.3 Å². The molecule has 228 valence electrons. The van der Waals surface area contributed by atoms with Gasteiger partial charge in [0.05, 0.1) is 35.8 Å². The van der Waals surface area contributed by atoms with Crippen LogP contribution in [0.4, 0.5) is 5.69 Å². The summed E-state index contributed by atoms with van der Waals surface area (Å²) in [6.45, 7) is 13.2. The van der Waals surface area contributed by atoms with Crippen molar-refractivity contribution in [2.24, 2.45) is 17.8 Å². The Kier molecular flexibility index (Phi) is 8.56. The number of likely N-dealkylation sites (tertiary alicyclic amines) is 1. The average Bonchev–Trinajstić information content (AvgIpc) is 3.21. The SMILES string of the molecule is CCCC(C)N1CC=C[C@]23S[C@@]4(C)C=CCN(c5ccc(OCC)cc5)C(=O)[C@H]4[C@H]2C(=O)N([C@@H](CO)C(C)C)C3C1=O. The summed E-state index contributed by atoms with van der Waals surface area (Å²) in [7, 11) is 0. The number of thioether (sulfide) groups is 1. The minimum absolute atomic E-state index is 0.00840. The summed E-state index contributed by atoms with van der Waals surface area (Å²) in [5.74, 6) is -1.20. The molecule has 1 aromatic rings. The maximum absolute atomic E-state index is 14.7. The minimum Gasteiger partial charge on any atom is -0.494 e. The molecule has 4 aliphatic rings. The molecule has 8 nitrogen and oxygen atoms in total. The number of hydrogen-bond acceptors (Lipinski definition) is 6. The lowest BCUT2D eigenvalue weighted by Gasteiger charge is -2.41. The smallest absolute Gasteiger partial charge is 0.247 e. The zero-order valence-corrected chi connectivity index (χ0v) is 26.5. The number of rotatable bonds is 9. The highest BCUT2D eigenvalue weighted by Crippen LogP contribution is 2.66. The molecule has 4 heterocycles. The molecule has 0 saturated carbocycles. The number of aliphatic hydroxyl groups excluding tert-OH is 1. The van der Waals surface area contributed by atoms with Crippen LogP contribution in [0.3, 0.4) is 0 Å². The molecule has 9 heteroatoms. The van der Waals surface area contributed by atoms with Crippen LogP contribution in [0.5, 0.6) is 5.75 Å². The van der Waals surface area contributed by atoms with Gasteiger partial charge in [0.1, 0.15) is 11.8 Å². The van der Waals surface area contributed by atoms with Gasteiger partial charge in [-0.15, -0.1) is 11.8 Å². The van der Waals surface area contributed by atoms with Crippen LogP contribution in [0.15, 0.2) is 48.6 Å². The van der Waals surface area contributed by atoms with E-state index >= 15 is 0 Å². The summed E-state index contributed by atoms with van der Waals surface area (Å²) < 4.78 is 3.98. The van der Waals surface area contributed by atoms with Crippen LogP contribution in [0.2, 0.25) is 0 Å².